The van der Waals surface area contributed by atoms with Crippen LogP contribution in [0.2, 0.25) is 0 Å². The molecular weight excluding hydrogens is 400 g/mol. The van der Waals surface area contributed by atoms with E-state index in [0.29, 0.717) is 0 Å². The number of non-ortho nitro benzene ring substituents is 1. The van der Waals surface area contributed by atoms with Gasteiger partial charge in [0.15, 0.2) is 0 Å². The van der Waals surface area contributed by atoms with E-state index < -0.39 is 0 Å². The Morgan fingerprint density at radius 1 is 1.14 bits per heavy atom. The summed E-state index contributed by atoms with van der Waals surface area (Å²) in [5, 5.41) is 14.0. The minimum absolute atomic E-state index is 0.121. The molecule has 0 aliphatic heterocycles. The maximum atomic E-state index is 10.6. The molecule has 0 bridgehead atoms. The first-order valence-corrected chi connectivity index (χ1v) is 7.99. The van der Waals surface area contributed by atoms with E-state index in [1.54, 1.807) is 12.1 Å². The molecule has 2 aromatic carbocycles. The lowest BCUT2D eigenvalue weighted by Gasteiger charge is -2.12. The maximum Gasteiger partial charge on any atom is 0.269 e. The van der Waals surface area contributed by atoms with Crippen LogP contribution in [0.25, 0.3) is 0 Å². The number of nitrogens with zero attached hydrogens (tertiary/aromatic N) is 1. The molecule has 2 rings (SSSR count). The fraction of sp³-hybridized carbons (Fsp3) is 0.200. The van der Waals surface area contributed by atoms with Gasteiger partial charge in [-0.15, -0.1) is 0 Å². The van der Waals surface area contributed by atoms with E-state index in [1.165, 1.54) is 17.7 Å². The van der Waals surface area contributed by atoms with Gasteiger partial charge in [0.25, 0.3) is 5.69 Å². The number of aryl methyl sites for hydroxylation is 1. The Balaban J connectivity index is 1.97. The van der Waals surface area contributed by atoms with Crippen LogP contribution in [-0.2, 0) is 6.42 Å². The molecule has 0 aromatic heterocycles. The van der Waals surface area contributed by atoms with Gasteiger partial charge in [-0.1, -0.05) is 12.1 Å². The Labute approximate surface area is 140 Å². The van der Waals surface area contributed by atoms with E-state index in [0.717, 1.165) is 33.2 Å². The average Bonchev–Trinajstić information content (AvgIpc) is 2.42. The van der Waals surface area contributed by atoms with Crippen molar-refractivity contribution in [2.75, 3.05) is 11.9 Å². The van der Waals surface area contributed by atoms with Gasteiger partial charge in [0.1, 0.15) is 0 Å². The lowest BCUT2D eigenvalue weighted by molar-refractivity contribution is -0.384. The summed E-state index contributed by atoms with van der Waals surface area (Å²) in [6, 6.07) is 10.8. The van der Waals surface area contributed by atoms with Crippen molar-refractivity contribution in [3.63, 3.8) is 0 Å². The molecule has 0 fully saturated rings. The second-order valence-corrected chi connectivity index (χ2v) is 6.41. The van der Waals surface area contributed by atoms with Crippen molar-refractivity contribution < 1.29 is 4.92 Å². The SMILES string of the molecule is Cc1cc(Br)c(NCCc2ccc([N+](=O)[O-])cc2)c(Br)c1. The van der Waals surface area contributed by atoms with Gasteiger partial charge in [-0.3, -0.25) is 10.1 Å². The lowest BCUT2D eigenvalue weighted by Crippen LogP contribution is -2.06. The summed E-state index contributed by atoms with van der Waals surface area (Å²) in [5.74, 6) is 0. The number of nitrogens with one attached hydrogen (secondary N) is 1. The highest BCUT2D eigenvalue weighted by Crippen LogP contribution is 2.32. The molecule has 0 atom stereocenters. The lowest BCUT2D eigenvalue weighted by atomic mass is 10.1. The van der Waals surface area contributed by atoms with Crippen molar-refractivity contribution in [3.05, 3.63) is 66.6 Å². The van der Waals surface area contributed by atoms with Crippen molar-refractivity contribution >= 4 is 43.2 Å². The van der Waals surface area contributed by atoms with Crippen LogP contribution >= 0.6 is 31.9 Å². The molecule has 0 unspecified atom stereocenters. The van der Waals surface area contributed by atoms with E-state index >= 15 is 0 Å². The predicted octanol–water partition coefficient (Wildman–Crippen LogP) is 5.08. The molecule has 0 amide bonds. The van der Waals surface area contributed by atoms with Crippen molar-refractivity contribution in [2.45, 2.75) is 13.3 Å². The van der Waals surface area contributed by atoms with E-state index in [1.807, 2.05) is 6.92 Å². The van der Waals surface area contributed by atoms with Crippen LogP contribution in [0.1, 0.15) is 11.1 Å². The van der Waals surface area contributed by atoms with Crippen LogP contribution < -0.4 is 5.32 Å². The van der Waals surface area contributed by atoms with E-state index in [-0.39, 0.29) is 10.6 Å². The van der Waals surface area contributed by atoms with Crippen LogP contribution in [0, 0.1) is 17.0 Å². The van der Waals surface area contributed by atoms with Gasteiger partial charge < -0.3 is 5.32 Å². The monoisotopic (exact) mass is 412 g/mol. The van der Waals surface area contributed by atoms with Crippen LogP contribution in [0.5, 0.6) is 0 Å². The van der Waals surface area contributed by atoms with E-state index in [2.05, 4.69) is 49.3 Å². The predicted molar refractivity (Wildman–Crippen MR) is 91.9 cm³/mol. The highest BCUT2D eigenvalue weighted by molar-refractivity contribution is 9.11. The Hall–Kier alpha value is -1.40. The second kappa shape index (κ2) is 7.04. The number of hydrogen-bond acceptors (Lipinski definition) is 3. The number of nitro groups is 1. The van der Waals surface area contributed by atoms with Crippen LogP contribution in [0.3, 0.4) is 0 Å². The number of anilines is 1. The number of nitro benzene ring substituents is 1. The number of hydrogen-bond donors (Lipinski definition) is 1. The first-order valence-electron chi connectivity index (χ1n) is 6.40. The molecule has 2 aromatic rings. The molecule has 0 saturated heterocycles. The highest BCUT2D eigenvalue weighted by atomic mass is 79.9. The average molecular weight is 414 g/mol. The minimum Gasteiger partial charge on any atom is -0.383 e. The van der Waals surface area contributed by atoms with Crippen molar-refractivity contribution in [1.29, 1.82) is 0 Å². The largest absolute Gasteiger partial charge is 0.383 e. The van der Waals surface area contributed by atoms with Crippen LogP contribution in [0.15, 0.2) is 45.3 Å². The summed E-state index contributed by atoms with van der Waals surface area (Å²) in [6.45, 7) is 2.79. The Morgan fingerprint density at radius 2 is 1.71 bits per heavy atom. The standard InChI is InChI=1S/C15H14Br2N2O2/c1-10-8-13(16)15(14(17)9-10)18-7-6-11-2-4-12(5-3-11)19(20)21/h2-5,8-9,18H,6-7H2,1H3. The molecule has 0 radical (unpaired) electrons. The third-order valence-corrected chi connectivity index (χ3v) is 4.30. The van der Waals surface area contributed by atoms with E-state index in [9.17, 15) is 10.1 Å². The fourth-order valence-electron chi connectivity index (χ4n) is 1.98. The van der Waals surface area contributed by atoms with Gasteiger partial charge in [0.2, 0.25) is 0 Å². The van der Waals surface area contributed by atoms with Crippen molar-refractivity contribution in [3.8, 4) is 0 Å². The summed E-state index contributed by atoms with van der Waals surface area (Å²) in [4.78, 5) is 10.2. The zero-order valence-corrected chi connectivity index (χ0v) is 14.6. The van der Waals surface area contributed by atoms with Gasteiger partial charge >= 0.3 is 0 Å². The molecule has 0 saturated carbocycles. The van der Waals surface area contributed by atoms with E-state index in [4.69, 9.17) is 0 Å². The van der Waals surface area contributed by atoms with Gasteiger partial charge in [-0.2, -0.15) is 0 Å². The molecule has 1 N–H and O–H groups in total. The molecular formula is C15H14Br2N2O2. The molecule has 0 aliphatic rings. The molecule has 110 valence electrons. The Bertz CT molecular complexity index is 634. The number of halogens is 2. The summed E-state index contributed by atoms with van der Waals surface area (Å²) in [5.41, 5.74) is 3.38. The number of benzene rings is 2. The highest BCUT2D eigenvalue weighted by Gasteiger charge is 2.07. The molecule has 0 heterocycles. The van der Waals surface area contributed by atoms with Gasteiger partial charge in [0.05, 0.1) is 10.6 Å². The first-order chi connectivity index (χ1) is 9.97. The molecule has 21 heavy (non-hydrogen) atoms. The summed E-state index contributed by atoms with van der Waals surface area (Å²) in [6.07, 6.45) is 0.796. The van der Waals surface area contributed by atoms with Gasteiger partial charge in [-0.05, 0) is 68.5 Å². The summed E-state index contributed by atoms with van der Waals surface area (Å²) < 4.78 is 2.02. The van der Waals surface area contributed by atoms with Gasteiger partial charge in [-0.25, -0.2) is 0 Å². The molecule has 4 nitrogen and oxygen atoms in total. The van der Waals surface area contributed by atoms with Crippen LogP contribution in [0.4, 0.5) is 11.4 Å². The number of rotatable bonds is 5. The molecule has 0 aliphatic carbocycles. The van der Waals surface area contributed by atoms with Crippen molar-refractivity contribution in [2.24, 2.45) is 0 Å². The minimum atomic E-state index is -0.386. The topological polar surface area (TPSA) is 55.2 Å². The van der Waals surface area contributed by atoms with Crippen molar-refractivity contribution in [1.82, 2.24) is 0 Å². The molecule has 6 heteroatoms. The second-order valence-electron chi connectivity index (χ2n) is 4.70. The fourth-order valence-corrected chi connectivity index (χ4v) is 3.68. The molecule has 0 spiro atoms. The third-order valence-electron chi connectivity index (χ3n) is 3.05. The smallest absolute Gasteiger partial charge is 0.269 e. The third kappa shape index (κ3) is 4.28. The zero-order valence-electron chi connectivity index (χ0n) is 11.4. The summed E-state index contributed by atoms with van der Waals surface area (Å²) >= 11 is 7.08. The summed E-state index contributed by atoms with van der Waals surface area (Å²) in [7, 11) is 0. The normalized spacial score (nSPS) is 10.4. The maximum absolute atomic E-state index is 10.6. The zero-order chi connectivity index (χ0) is 15.4. The Morgan fingerprint density at radius 3 is 2.24 bits per heavy atom. The Kier molecular flexibility index (Phi) is 5.36. The quantitative estimate of drug-likeness (QED) is 0.549. The van der Waals surface area contributed by atoms with Gasteiger partial charge in [0, 0.05) is 27.6 Å². The van der Waals surface area contributed by atoms with Crippen LogP contribution in [-0.4, -0.2) is 11.5 Å². The first kappa shape index (κ1) is 16.0.